The summed E-state index contributed by atoms with van der Waals surface area (Å²) in [5.74, 6) is 1.54. The molecule has 3 aliphatic rings. The molecular formula is C28H14N5O2+3. The number of aromatic nitrogens is 4. The maximum absolute atomic E-state index is 13.9. The molecule has 0 bridgehead atoms. The molecule has 7 nitrogen and oxygen atoms in total. The van der Waals surface area contributed by atoms with Crippen LogP contribution in [-0.4, -0.2) is 9.38 Å². The van der Waals surface area contributed by atoms with Crippen molar-refractivity contribution in [3.8, 4) is 22.8 Å². The van der Waals surface area contributed by atoms with Crippen molar-refractivity contribution in [1.29, 1.82) is 0 Å². The minimum absolute atomic E-state index is 0.0415. The van der Waals surface area contributed by atoms with E-state index in [1.165, 1.54) is 0 Å². The Morgan fingerprint density at radius 3 is 2.60 bits per heavy atom. The Hall–Kier alpha value is -4.88. The molecule has 1 spiro atoms. The lowest BCUT2D eigenvalue weighted by molar-refractivity contribution is -1.02. The Morgan fingerprint density at radius 1 is 0.771 bits per heavy atom. The fourth-order valence-corrected chi connectivity index (χ4v) is 6.84. The third kappa shape index (κ3) is 1.46. The summed E-state index contributed by atoms with van der Waals surface area (Å²) >= 11 is 0. The van der Waals surface area contributed by atoms with Gasteiger partial charge in [0.05, 0.1) is 16.2 Å². The lowest BCUT2D eigenvalue weighted by Crippen LogP contribution is -2.83. The third-order valence-corrected chi connectivity index (χ3v) is 8.01. The van der Waals surface area contributed by atoms with Crippen molar-refractivity contribution in [3.05, 3.63) is 95.7 Å². The number of para-hydroxylation sites is 2. The normalized spacial score (nSPS) is 18.2. The summed E-state index contributed by atoms with van der Waals surface area (Å²) in [7, 11) is 0. The molecule has 7 heterocycles. The number of hydrogen-bond acceptors (Lipinski definition) is 3. The molecule has 0 radical (unpaired) electrons. The summed E-state index contributed by atoms with van der Waals surface area (Å²) in [5, 5.41) is 3.46. The first-order chi connectivity index (χ1) is 17.3. The van der Waals surface area contributed by atoms with Crippen LogP contribution in [-0.2, 0) is 0 Å². The average Bonchev–Trinajstić information content (AvgIpc) is 3.40. The smallest absolute Gasteiger partial charge is 0.317 e. The largest absolute Gasteiger partial charge is 0.444 e. The summed E-state index contributed by atoms with van der Waals surface area (Å²) in [5.41, 5.74) is 7.00. The van der Waals surface area contributed by atoms with Crippen LogP contribution < -0.4 is 24.2 Å². The molecule has 160 valence electrons. The van der Waals surface area contributed by atoms with Crippen LogP contribution in [0.3, 0.4) is 0 Å². The summed E-state index contributed by atoms with van der Waals surface area (Å²) in [6.07, 6.45) is 5.92. The second-order valence-electron chi connectivity index (χ2n) is 9.44. The first kappa shape index (κ1) is 16.7. The fraction of sp³-hybridized carbons (Fsp3) is 0. The molecule has 0 aliphatic carbocycles. The molecule has 0 saturated carbocycles. The van der Waals surface area contributed by atoms with Crippen LogP contribution in [0.5, 0.6) is 11.5 Å². The minimum Gasteiger partial charge on any atom is -0.444 e. The molecule has 0 amide bonds. The standard InChI is InChI=1S/C28H14N5O2/c34-27-17-7-3-5-15-19-13-29-14-31-28(19)32(23(15)17)24-18(27)10-11-22-26(24)33(31)25-16(6-4-9-21(25)35-22)20-8-1-2-12-30(20)33/h1-14H/q+3. The average molecular weight is 452 g/mol. The Kier molecular flexibility index (Phi) is 2.37. The molecule has 0 fully saturated rings. The van der Waals surface area contributed by atoms with E-state index in [-0.39, 0.29) is 10.1 Å². The molecule has 7 aromatic rings. The SMILES string of the molecule is O=c1c2ccc3c4c2n2c5c1cccc5c1cnc[n+](c12)[N+]41c2c(cccc2-c2cccc[n+]21)O3. The van der Waals surface area contributed by atoms with E-state index in [1.807, 2.05) is 55.0 Å². The molecule has 0 N–H and O–H groups in total. The van der Waals surface area contributed by atoms with E-state index in [4.69, 9.17) is 9.72 Å². The molecule has 3 aliphatic heterocycles. The van der Waals surface area contributed by atoms with Gasteiger partial charge in [0.25, 0.3) is 17.7 Å². The Balaban J connectivity index is 1.64. The quantitative estimate of drug-likeness (QED) is 0.198. The van der Waals surface area contributed by atoms with Gasteiger partial charge in [0.15, 0.2) is 16.7 Å². The lowest BCUT2D eigenvalue weighted by atomic mass is 10.0. The highest BCUT2D eigenvalue weighted by Gasteiger charge is 2.67. The molecule has 1 unspecified atom stereocenters. The number of hydrogen-bond donors (Lipinski definition) is 0. The molecule has 4 aromatic heterocycles. The van der Waals surface area contributed by atoms with Gasteiger partial charge in [-0.2, -0.15) is 0 Å². The number of ether oxygens (including phenoxy) is 1. The summed E-state index contributed by atoms with van der Waals surface area (Å²) in [6.45, 7) is 0. The van der Waals surface area contributed by atoms with Crippen molar-refractivity contribution in [3.63, 3.8) is 0 Å². The summed E-state index contributed by atoms with van der Waals surface area (Å²) in [4.78, 5) is 18.6. The van der Waals surface area contributed by atoms with Crippen molar-refractivity contribution >= 4 is 49.6 Å². The van der Waals surface area contributed by atoms with E-state index in [9.17, 15) is 4.79 Å². The first-order valence-electron chi connectivity index (χ1n) is 11.6. The zero-order valence-corrected chi connectivity index (χ0v) is 18.1. The van der Waals surface area contributed by atoms with Gasteiger partial charge in [-0.25, -0.2) is 4.40 Å². The predicted octanol–water partition coefficient (Wildman–Crippen LogP) is 4.13. The van der Waals surface area contributed by atoms with Gasteiger partial charge < -0.3 is 4.74 Å². The maximum Gasteiger partial charge on any atom is 0.317 e. The topological polar surface area (TPSA) is 51.4 Å². The predicted molar refractivity (Wildman–Crippen MR) is 130 cm³/mol. The molecular weight excluding hydrogens is 438 g/mol. The van der Waals surface area contributed by atoms with Crippen molar-refractivity contribution < 1.29 is 14.1 Å². The zero-order chi connectivity index (χ0) is 22.6. The highest BCUT2D eigenvalue weighted by molar-refractivity contribution is 6.17. The van der Waals surface area contributed by atoms with Gasteiger partial charge in [-0.15, -0.1) is 4.98 Å². The number of pyridine rings is 2. The molecule has 10 rings (SSSR count). The van der Waals surface area contributed by atoms with Crippen LogP contribution >= 0.6 is 0 Å². The fourth-order valence-electron chi connectivity index (χ4n) is 6.84. The van der Waals surface area contributed by atoms with Gasteiger partial charge in [0.2, 0.25) is 11.9 Å². The van der Waals surface area contributed by atoms with E-state index in [1.54, 1.807) is 0 Å². The van der Waals surface area contributed by atoms with Gasteiger partial charge in [-0.1, -0.05) is 18.2 Å². The first-order valence-corrected chi connectivity index (χ1v) is 11.6. The van der Waals surface area contributed by atoms with Gasteiger partial charge in [0.1, 0.15) is 22.0 Å². The summed E-state index contributed by atoms with van der Waals surface area (Å²) < 4.78 is 13.5. The van der Waals surface area contributed by atoms with Crippen LogP contribution in [0.25, 0.3) is 49.5 Å². The number of nitrogens with zero attached hydrogens (tertiary/aromatic N) is 5. The second-order valence-corrected chi connectivity index (χ2v) is 9.44. The Morgan fingerprint density at radius 2 is 1.63 bits per heavy atom. The van der Waals surface area contributed by atoms with Crippen LogP contribution in [0.4, 0.5) is 11.4 Å². The Labute approximate surface area is 196 Å². The number of fused-ring (bicyclic) bond motifs is 3. The van der Waals surface area contributed by atoms with Gasteiger partial charge in [0, 0.05) is 26.9 Å². The maximum atomic E-state index is 13.9. The molecule has 0 saturated heterocycles. The van der Waals surface area contributed by atoms with Gasteiger partial charge >= 0.3 is 11.3 Å². The van der Waals surface area contributed by atoms with E-state index in [2.05, 4.69) is 44.2 Å². The van der Waals surface area contributed by atoms with E-state index in [0.717, 1.165) is 67.0 Å². The zero-order valence-electron chi connectivity index (χ0n) is 18.1. The van der Waals surface area contributed by atoms with Crippen molar-refractivity contribution in [2.75, 3.05) is 0 Å². The highest BCUT2D eigenvalue weighted by atomic mass is 16.5. The van der Waals surface area contributed by atoms with E-state index < -0.39 is 0 Å². The number of rotatable bonds is 0. The van der Waals surface area contributed by atoms with Crippen LogP contribution in [0.2, 0.25) is 0 Å². The molecule has 7 heteroatoms. The van der Waals surface area contributed by atoms with Crippen LogP contribution in [0, 0.1) is 0 Å². The summed E-state index contributed by atoms with van der Waals surface area (Å²) in [6, 6.07) is 22.3. The second kappa shape index (κ2) is 4.96. The van der Waals surface area contributed by atoms with Crippen LogP contribution in [0.1, 0.15) is 0 Å². The van der Waals surface area contributed by atoms with E-state index in [0.29, 0.717) is 5.39 Å². The molecule has 3 aromatic carbocycles. The Bertz CT molecular complexity index is 2230. The third-order valence-electron chi connectivity index (χ3n) is 8.01. The van der Waals surface area contributed by atoms with Crippen LogP contribution in [0.15, 0.2) is 90.2 Å². The van der Waals surface area contributed by atoms with E-state index >= 15 is 0 Å². The number of benzene rings is 3. The van der Waals surface area contributed by atoms with Crippen molar-refractivity contribution in [2.45, 2.75) is 0 Å². The van der Waals surface area contributed by atoms with Gasteiger partial charge in [-0.05, 0) is 36.4 Å². The number of quaternary nitrogens is 1. The molecule has 1 atom stereocenters. The monoisotopic (exact) mass is 452 g/mol. The highest BCUT2D eigenvalue weighted by Crippen LogP contribution is 2.58. The lowest BCUT2D eigenvalue weighted by Gasteiger charge is -2.31. The van der Waals surface area contributed by atoms with Gasteiger partial charge in [-0.3, -0.25) is 4.79 Å². The van der Waals surface area contributed by atoms with Crippen molar-refractivity contribution in [1.82, 2.24) is 14.1 Å². The van der Waals surface area contributed by atoms with Crippen molar-refractivity contribution in [2.24, 2.45) is 0 Å². The molecule has 35 heavy (non-hydrogen) atoms. The minimum atomic E-state index is 0.0415.